The van der Waals surface area contributed by atoms with Gasteiger partial charge in [0.25, 0.3) is 0 Å². The summed E-state index contributed by atoms with van der Waals surface area (Å²) in [6.07, 6.45) is 0.912. The number of methoxy groups -OCH3 is 1. The lowest BCUT2D eigenvalue weighted by molar-refractivity contribution is -0.121. The number of hydrogen-bond donors (Lipinski definition) is 1. The highest BCUT2D eigenvalue weighted by Gasteiger charge is 2.10. The minimum Gasteiger partial charge on any atom is -0.497 e. The van der Waals surface area contributed by atoms with Crippen molar-refractivity contribution in [3.05, 3.63) is 65.0 Å². The van der Waals surface area contributed by atoms with Crippen LogP contribution in [-0.4, -0.2) is 23.2 Å². The van der Waals surface area contributed by atoms with Crippen LogP contribution in [0.4, 0.5) is 0 Å². The van der Waals surface area contributed by atoms with Gasteiger partial charge in [0.05, 0.1) is 13.7 Å². The molecule has 26 heavy (non-hydrogen) atoms. The molecule has 0 bridgehead atoms. The van der Waals surface area contributed by atoms with E-state index in [4.69, 9.17) is 20.9 Å². The van der Waals surface area contributed by atoms with E-state index in [1.54, 1.807) is 7.11 Å². The zero-order chi connectivity index (χ0) is 18.4. The molecule has 0 saturated heterocycles. The van der Waals surface area contributed by atoms with E-state index in [1.165, 1.54) is 0 Å². The minimum absolute atomic E-state index is 0.103. The van der Waals surface area contributed by atoms with Gasteiger partial charge < -0.3 is 14.6 Å². The summed E-state index contributed by atoms with van der Waals surface area (Å²) < 4.78 is 10.3. The molecular formula is C19H18ClN3O3. The summed E-state index contributed by atoms with van der Waals surface area (Å²) in [6, 6.07) is 14.8. The molecule has 0 aliphatic heterocycles. The number of halogens is 1. The number of carbonyl (C=O) groups excluding carboxylic acids is 1. The van der Waals surface area contributed by atoms with Gasteiger partial charge in [0, 0.05) is 17.0 Å². The molecule has 0 spiro atoms. The first-order chi connectivity index (χ1) is 12.7. The van der Waals surface area contributed by atoms with Gasteiger partial charge in [-0.2, -0.15) is 4.98 Å². The van der Waals surface area contributed by atoms with E-state index in [9.17, 15) is 4.79 Å². The second kappa shape index (κ2) is 8.49. The lowest BCUT2D eigenvalue weighted by Gasteiger charge is -2.04. The second-order valence-electron chi connectivity index (χ2n) is 5.61. The zero-order valence-electron chi connectivity index (χ0n) is 14.2. The third kappa shape index (κ3) is 4.61. The highest BCUT2D eigenvalue weighted by atomic mass is 35.5. The first kappa shape index (κ1) is 17.9. The Kier molecular flexibility index (Phi) is 5.86. The molecule has 0 fully saturated rings. The molecule has 1 amide bonds. The summed E-state index contributed by atoms with van der Waals surface area (Å²) in [5, 5.41) is 7.37. The highest BCUT2D eigenvalue weighted by Crippen LogP contribution is 2.20. The number of aryl methyl sites for hydroxylation is 1. The number of rotatable bonds is 7. The molecule has 3 rings (SSSR count). The molecule has 0 saturated carbocycles. The average Bonchev–Trinajstić information content (AvgIpc) is 3.15. The normalized spacial score (nSPS) is 10.5. The van der Waals surface area contributed by atoms with Crippen LogP contribution in [0.3, 0.4) is 0 Å². The third-order valence-corrected chi connectivity index (χ3v) is 4.20. The first-order valence-corrected chi connectivity index (χ1v) is 8.50. The predicted molar refractivity (Wildman–Crippen MR) is 97.9 cm³/mol. The molecule has 0 aliphatic carbocycles. The molecule has 1 aromatic heterocycles. The van der Waals surface area contributed by atoms with Gasteiger partial charge in [0.2, 0.25) is 17.6 Å². The molecular weight excluding hydrogens is 354 g/mol. The van der Waals surface area contributed by atoms with Gasteiger partial charge in [-0.1, -0.05) is 35.0 Å². The molecule has 7 heteroatoms. The van der Waals surface area contributed by atoms with Crippen LogP contribution in [0, 0.1) is 0 Å². The Balaban J connectivity index is 1.51. The second-order valence-corrected chi connectivity index (χ2v) is 6.02. The van der Waals surface area contributed by atoms with Gasteiger partial charge in [0.15, 0.2) is 0 Å². The van der Waals surface area contributed by atoms with E-state index in [0.29, 0.717) is 29.6 Å². The summed E-state index contributed by atoms with van der Waals surface area (Å²) in [5.74, 6) is 1.47. The maximum atomic E-state index is 12.0. The maximum Gasteiger partial charge on any atom is 0.246 e. The Bertz CT molecular complexity index is 878. The molecule has 134 valence electrons. The Labute approximate surface area is 156 Å². The smallest absolute Gasteiger partial charge is 0.246 e. The Hall–Kier alpha value is -2.86. The van der Waals surface area contributed by atoms with Crippen molar-refractivity contribution in [2.75, 3.05) is 7.11 Å². The van der Waals surface area contributed by atoms with Crippen LogP contribution >= 0.6 is 11.6 Å². The number of hydrogen-bond acceptors (Lipinski definition) is 5. The van der Waals surface area contributed by atoms with Crippen LogP contribution in [0.2, 0.25) is 5.02 Å². The quantitative estimate of drug-likeness (QED) is 0.686. The van der Waals surface area contributed by atoms with E-state index in [-0.39, 0.29) is 12.5 Å². The molecule has 3 aromatic rings. The van der Waals surface area contributed by atoms with Crippen molar-refractivity contribution in [3.8, 4) is 17.1 Å². The van der Waals surface area contributed by atoms with Gasteiger partial charge in [0.1, 0.15) is 5.75 Å². The monoisotopic (exact) mass is 371 g/mol. The SMILES string of the molecule is COc1ccc(-c2noc(CNC(=O)CCc3ccccc3Cl)n2)cc1. The number of ether oxygens (including phenoxy) is 1. The fourth-order valence-corrected chi connectivity index (χ4v) is 2.63. The van der Waals surface area contributed by atoms with E-state index in [1.807, 2.05) is 48.5 Å². The van der Waals surface area contributed by atoms with Crippen molar-refractivity contribution in [1.29, 1.82) is 0 Å². The summed E-state index contributed by atoms with van der Waals surface area (Å²) in [4.78, 5) is 16.3. The molecule has 0 unspecified atom stereocenters. The van der Waals surface area contributed by atoms with Gasteiger partial charge in [-0.25, -0.2) is 0 Å². The van der Waals surface area contributed by atoms with Gasteiger partial charge in [-0.15, -0.1) is 0 Å². The third-order valence-electron chi connectivity index (χ3n) is 3.83. The van der Waals surface area contributed by atoms with Crippen LogP contribution in [0.1, 0.15) is 17.9 Å². The van der Waals surface area contributed by atoms with E-state index >= 15 is 0 Å². The van der Waals surface area contributed by atoms with Crippen molar-refractivity contribution in [2.45, 2.75) is 19.4 Å². The molecule has 1 N–H and O–H groups in total. The molecule has 0 atom stereocenters. The molecule has 0 radical (unpaired) electrons. The summed E-state index contributed by atoms with van der Waals surface area (Å²) in [7, 11) is 1.61. The summed E-state index contributed by atoms with van der Waals surface area (Å²) >= 11 is 6.09. The topological polar surface area (TPSA) is 77.3 Å². The van der Waals surface area contributed by atoms with Crippen molar-refractivity contribution < 1.29 is 14.1 Å². The highest BCUT2D eigenvalue weighted by molar-refractivity contribution is 6.31. The fraction of sp³-hybridized carbons (Fsp3) is 0.211. The molecule has 2 aromatic carbocycles. The van der Waals surface area contributed by atoms with E-state index in [0.717, 1.165) is 16.9 Å². The fourth-order valence-electron chi connectivity index (χ4n) is 2.40. The standard InChI is InChI=1S/C19H18ClN3O3/c1-25-15-9-6-14(7-10-15)19-22-18(26-23-19)12-21-17(24)11-8-13-4-2-3-5-16(13)20/h2-7,9-10H,8,11-12H2,1H3,(H,21,24). The van der Waals surface area contributed by atoms with Crippen molar-refractivity contribution in [3.63, 3.8) is 0 Å². The minimum atomic E-state index is -0.103. The largest absolute Gasteiger partial charge is 0.497 e. The molecule has 0 aliphatic rings. The van der Waals surface area contributed by atoms with Gasteiger partial charge in [-0.05, 0) is 42.3 Å². The Morgan fingerprint density at radius 2 is 1.96 bits per heavy atom. The first-order valence-electron chi connectivity index (χ1n) is 8.13. The zero-order valence-corrected chi connectivity index (χ0v) is 15.0. The lowest BCUT2D eigenvalue weighted by atomic mass is 10.1. The number of benzene rings is 2. The number of nitrogens with one attached hydrogen (secondary N) is 1. The molecule has 1 heterocycles. The van der Waals surface area contributed by atoms with Crippen molar-refractivity contribution >= 4 is 17.5 Å². The predicted octanol–water partition coefficient (Wildman–Crippen LogP) is 3.65. The summed E-state index contributed by atoms with van der Waals surface area (Å²) in [6.45, 7) is 0.185. The van der Waals surface area contributed by atoms with Crippen LogP contribution < -0.4 is 10.1 Å². The number of carbonyl (C=O) groups is 1. The Morgan fingerprint density at radius 3 is 2.69 bits per heavy atom. The van der Waals surface area contributed by atoms with Crippen LogP contribution in [-0.2, 0) is 17.8 Å². The maximum absolute atomic E-state index is 12.0. The average molecular weight is 372 g/mol. The summed E-state index contributed by atoms with van der Waals surface area (Å²) in [5.41, 5.74) is 1.76. The number of nitrogens with zero attached hydrogens (tertiary/aromatic N) is 2. The van der Waals surface area contributed by atoms with Crippen LogP contribution in [0.25, 0.3) is 11.4 Å². The van der Waals surface area contributed by atoms with Crippen molar-refractivity contribution in [1.82, 2.24) is 15.5 Å². The number of aromatic nitrogens is 2. The van der Waals surface area contributed by atoms with E-state index < -0.39 is 0 Å². The van der Waals surface area contributed by atoms with Gasteiger partial charge in [-0.3, -0.25) is 4.79 Å². The van der Waals surface area contributed by atoms with Crippen LogP contribution in [0.15, 0.2) is 53.1 Å². The van der Waals surface area contributed by atoms with Gasteiger partial charge >= 0.3 is 0 Å². The lowest BCUT2D eigenvalue weighted by Crippen LogP contribution is -2.23. The van der Waals surface area contributed by atoms with E-state index in [2.05, 4.69) is 15.5 Å². The number of amides is 1. The van der Waals surface area contributed by atoms with Crippen molar-refractivity contribution in [2.24, 2.45) is 0 Å². The van der Waals surface area contributed by atoms with Crippen LogP contribution in [0.5, 0.6) is 5.75 Å². The Morgan fingerprint density at radius 1 is 1.19 bits per heavy atom. The molecule has 6 nitrogen and oxygen atoms in total.